The fourth-order valence-electron chi connectivity index (χ4n) is 1.69. The number of rotatable bonds is 6. The highest BCUT2D eigenvalue weighted by atomic mass is 16.4. The van der Waals surface area contributed by atoms with E-state index in [1.54, 1.807) is 6.08 Å². The van der Waals surface area contributed by atoms with Crippen LogP contribution in [0.2, 0.25) is 0 Å². The molecule has 0 heterocycles. The van der Waals surface area contributed by atoms with Crippen LogP contribution in [0.25, 0.3) is 6.08 Å². The molecule has 0 aliphatic carbocycles. The molecule has 3 heteroatoms. The number of hydrogen-bond donors (Lipinski definition) is 2. The van der Waals surface area contributed by atoms with Gasteiger partial charge >= 0.3 is 5.97 Å². The van der Waals surface area contributed by atoms with Crippen molar-refractivity contribution >= 4 is 17.7 Å². The molecule has 1 unspecified atom stereocenters. The molecule has 0 saturated heterocycles. The molecule has 1 aromatic carbocycles. The number of carbonyl (C=O) groups is 1. The van der Waals surface area contributed by atoms with Gasteiger partial charge in [0, 0.05) is 17.8 Å². The van der Waals surface area contributed by atoms with Gasteiger partial charge < -0.3 is 10.4 Å². The Morgan fingerprint density at radius 3 is 2.94 bits per heavy atom. The van der Waals surface area contributed by atoms with Crippen molar-refractivity contribution < 1.29 is 9.90 Å². The van der Waals surface area contributed by atoms with Crippen molar-refractivity contribution in [2.24, 2.45) is 0 Å². The van der Waals surface area contributed by atoms with Gasteiger partial charge in [0.05, 0.1) is 0 Å². The fraction of sp³-hybridized carbons (Fsp3) is 0.357. The van der Waals surface area contributed by atoms with Crippen LogP contribution >= 0.6 is 0 Å². The number of carboxylic acids is 1. The zero-order valence-corrected chi connectivity index (χ0v) is 10.3. The molecule has 1 rings (SSSR count). The Balaban J connectivity index is 2.68. The molecular weight excluding hydrogens is 214 g/mol. The van der Waals surface area contributed by atoms with Crippen LogP contribution in [0.1, 0.15) is 32.3 Å². The number of benzene rings is 1. The lowest BCUT2D eigenvalue weighted by Crippen LogP contribution is -2.14. The molecule has 0 radical (unpaired) electrons. The van der Waals surface area contributed by atoms with Crippen molar-refractivity contribution in [3.8, 4) is 0 Å². The van der Waals surface area contributed by atoms with Gasteiger partial charge in [-0.15, -0.1) is 0 Å². The maximum atomic E-state index is 10.4. The van der Waals surface area contributed by atoms with Gasteiger partial charge in [0.25, 0.3) is 0 Å². The van der Waals surface area contributed by atoms with Crippen molar-refractivity contribution in [2.45, 2.75) is 32.7 Å². The summed E-state index contributed by atoms with van der Waals surface area (Å²) in [6, 6.07) is 8.17. The maximum absolute atomic E-state index is 10.4. The minimum Gasteiger partial charge on any atom is -0.478 e. The van der Waals surface area contributed by atoms with Gasteiger partial charge in [0.15, 0.2) is 0 Å². The summed E-state index contributed by atoms with van der Waals surface area (Å²) < 4.78 is 0. The highest BCUT2D eigenvalue weighted by Crippen LogP contribution is 2.14. The first-order valence-electron chi connectivity index (χ1n) is 5.89. The van der Waals surface area contributed by atoms with E-state index >= 15 is 0 Å². The average molecular weight is 233 g/mol. The fourth-order valence-corrected chi connectivity index (χ4v) is 1.69. The summed E-state index contributed by atoms with van der Waals surface area (Å²) in [6.07, 6.45) is 5.01. The van der Waals surface area contributed by atoms with Gasteiger partial charge in [-0.1, -0.05) is 25.5 Å². The lowest BCUT2D eigenvalue weighted by molar-refractivity contribution is -0.131. The largest absolute Gasteiger partial charge is 0.478 e. The van der Waals surface area contributed by atoms with Crippen LogP contribution in [0.3, 0.4) is 0 Å². The smallest absolute Gasteiger partial charge is 0.328 e. The van der Waals surface area contributed by atoms with E-state index in [-0.39, 0.29) is 0 Å². The Bertz CT molecular complexity index is 399. The van der Waals surface area contributed by atoms with Crippen LogP contribution in [0.15, 0.2) is 30.3 Å². The van der Waals surface area contributed by atoms with Crippen LogP contribution in [-0.4, -0.2) is 17.1 Å². The molecule has 92 valence electrons. The van der Waals surface area contributed by atoms with Gasteiger partial charge in [-0.25, -0.2) is 4.79 Å². The number of nitrogens with one attached hydrogen (secondary N) is 1. The van der Waals surface area contributed by atoms with Crippen LogP contribution < -0.4 is 5.32 Å². The van der Waals surface area contributed by atoms with Crippen molar-refractivity contribution in [3.63, 3.8) is 0 Å². The summed E-state index contributed by atoms with van der Waals surface area (Å²) in [5, 5.41) is 11.9. The first-order chi connectivity index (χ1) is 8.11. The molecule has 0 fully saturated rings. The van der Waals surface area contributed by atoms with E-state index in [0.717, 1.165) is 30.2 Å². The second-order valence-electron chi connectivity index (χ2n) is 4.13. The molecule has 0 aliphatic heterocycles. The molecule has 1 aromatic rings. The second-order valence-corrected chi connectivity index (χ2v) is 4.13. The molecule has 2 N–H and O–H groups in total. The molecule has 0 bridgehead atoms. The number of carboxylic acid groups (broad SMARTS) is 1. The summed E-state index contributed by atoms with van der Waals surface area (Å²) >= 11 is 0. The van der Waals surface area contributed by atoms with E-state index in [2.05, 4.69) is 19.2 Å². The normalized spacial score (nSPS) is 12.6. The number of hydrogen-bond acceptors (Lipinski definition) is 2. The first-order valence-corrected chi connectivity index (χ1v) is 5.89. The SMILES string of the molecule is CCCC(C)Nc1cccc(/C=C/C(=O)O)c1. The topological polar surface area (TPSA) is 49.3 Å². The van der Waals surface area contributed by atoms with E-state index in [1.165, 1.54) is 0 Å². The zero-order valence-electron chi connectivity index (χ0n) is 10.3. The molecule has 1 atom stereocenters. The van der Waals surface area contributed by atoms with Crippen LogP contribution in [0, 0.1) is 0 Å². The Kier molecular flexibility index (Phi) is 5.27. The Labute approximate surface area is 102 Å². The van der Waals surface area contributed by atoms with E-state index in [9.17, 15) is 4.79 Å². The van der Waals surface area contributed by atoms with E-state index in [0.29, 0.717) is 6.04 Å². The molecule has 17 heavy (non-hydrogen) atoms. The van der Waals surface area contributed by atoms with Crippen molar-refractivity contribution in [1.29, 1.82) is 0 Å². The Morgan fingerprint density at radius 1 is 1.53 bits per heavy atom. The van der Waals surface area contributed by atoms with Crippen molar-refractivity contribution in [3.05, 3.63) is 35.9 Å². The van der Waals surface area contributed by atoms with Crippen LogP contribution in [0.4, 0.5) is 5.69 Å². The zero-order chi connectivity index (χ0) is 12.7. The van der Waals surface area contributed by atoms with Gasteiger partial charge in [-0.3, -0.25) is 0 Å². The van der Waals surface area contributed by atoms with Crippen LogP contribution in [-0.2, 0) is 4.79 Å². The van der Waals surface area contributed by atoms with E-state index < -0.39 is 5.97 Å². The lowest BCUT2D eigenvalue weighted by atomic mass is 10.1. The number of aliphatic carboxylic acids is 1. The first kappa shape index (κ1) is 13.3. The number of anilines is 1. The predicted octanol–water partition coefficient (Wildman–Crippen LogP) is 3.38. The Morgan fingerprint density at radius 2 is 2.29 bits per heavy atom. The standard InChI is InChI=1S/C14H19NO2/c1-3-5-11(2)15-13-7-4-6-12(10-13)8-9-14(16)17/h4,6-11,15H,3,5H2,1-2H3,(H,16,17)/b9-8+. The minimum absolute atomic E-state index is 0.429. The summed E-state index contributed by atoms with van der Waals surface area (Å²) in [5.74, 6) is -0.928. The minimum atomic E-state index is -0.928. The van der Waals surface area contributed by atoms with Crippen LogP contribution in [0.5, 0.6) is 0 Å². The van der Waals surface area contributed by atoms with Gasteiger partial charge in [-0.05, 0) is 37.1 Å². The second kappa shape index (κ2) is 6.74. The van der Waals surface area contributed by atoms with E-state index in [1.807, 2.05) is 24.3 Å². The third-order valence-corrected chi connectivity index (χ3v) is 2.44. The predicted molar refractivity (Wildman–Crippen MR) is 71.1 cm³/mol. The van der Waals surface area contributed by atoms with Gasteiger partial charge in [-0.2, -0.15) is 0 Å². The van der Waals surface area contributed by atoms with Gasteiger partial charge in [0.1, 0.15) is 0 Å². The molecule has 0 aliphatic rings. The summed E-state index contributed by atoms with van der Waals surface area (Å²) in [4.78, 5) is 10.4. The van der Waals surface area contributed by atoms with Crippen molar-refractivity contribution in [2.75, 3.05) is 5.32 Å². The summed E-state index contributed by atoms with van der Waals surface area (Å²) in [6.45, 7) is 4.30. The summed E-state index contributed by atoms with van der Waals surface area (Å²) in [7, 11) is 0. The maximum Gasteiger partial charge on any atom is 0.328 e. The molecule has 0 amide bonds. The quantitative estimate of drug-likeness (QED) is 0.740. The molecule has 0 saturated carbocycles. The molecule has 3 nitrogen and oxygen atoms in total. The highest BCUT2D eigenvalue weighted by molar-refractivity contribution is 5.85. The van der Waals surface area contributed by atoms with Gasteiger partial charge in [0.2, 0.25) is 0 Å². The third-order valence-electron chi connectivity index (χ3n) is 2.44. The average Bonchev–Trinajstić information content (AvgIpc) is 2.27. The van der Waals surface area contributed by atoms with E-state index in [4.69, 9.17) is 5.11 Å². The van der Waals surface area contributed by atoms with Crippen molar-refractivity contribution in [1.82, 2.24) is 0 Å². The Hall–Kier alpha value is -1.77. The summed E-state index contributed by atoms with van der Waals surface area (Å²) in [5.41, 5.74) is 1.92. The lowest BCUT2D eigenvalue weighted by Gasteiger charge is -2.14. The monoisotopic (exact) mass is 233 g/mol. The molecule has 0 aromatic heterocycles. The third kappa shape index (κ3) is 5.20. The molecule has 0 spiro atoms. The molecular formula is C14H19NO2. The highest BCUT2D eigenvalue weighted by Gasteiger charge is 2.00.